The molecule has 2 N–H and O–H groups in total. The van der Waals surface area contributed by atoms with Crippen LogP contribution in [0.25, 0.3) is 11.0 Å². The second-order valence-corrected chi connectivity index (χ2v) is 11.1. The summed E-state index contributed by atoms with van der Waals surface area (Å²) in [6.07, 6.45) is 6.94. The van der Waals surface area contributed by atoms with E-state index in [9.17, 15) is 19.5 Å². The Morgan fingerprint density at radius 1 is 1.28 bits per heavy atom. The molecule has 3 atom stereocenters. The van der Waals surface area contributed by atoms with E-state index in [1.54, 1.807) is 36.9 Å². The number of hydrogen-bond acceptors (Lipinski definition) is 7. The van der Waals surface area contributed by atoms with Gasteiger partial charge in [-0.15, -0.1) is 0 Å². The molecule has 0 unspecified atom stereocenters. The van der Waals surface area contributed by atoms with E-state index in [0.717, 1.165) is 42.4 Å². The van der Waals surface area contributed by atoms with Crippen LogP contribution in [-0.4, -0.2) is 65.2 Å². The minimum absolute atomic E-state index is 0.0941. The largest absolute Gasteiger partial charge is 0.484 e. The van der Waals surface area contributed by atoms with E-state index in [0.29, 0.717) is 42.8 Å². The number of aryl methyl sites for hydroxylation is 1. The molecule has 8 nitrogen and oxygen atoms in total. The van der Waals surface area contributed by atoms with Crippen LogP contribution < -0.4 is 15.7 Å². The molecule has 1 saturated carbocycles. The second kappa shape index (κ2) is 11.3. The van der Waals surface area contributed by atoms with Crippen molar-refractivity contribution in [3.05, 3.63) is 39.7 Å². The highest BCUT2D eigenvalue weighted by Crippen LogP contribution is 2.40. The number of nitrogens with one attached hydrogen (secondary N) is 1. The summed E-state index contributed by atoms with van der Waals surface area (Å²) in [5, 5.41) is 14.6. The van der Waals surface area contributed by atoms with E-state index in [2.05, 4.69) is 5.32 Å². The molecule has 2 fully saturated rings. The van der Waals surface area contributed by atoms with Gasteiger partial charge in [0.2, 0.25) is 5.91 Å². The van der Waals surface area contributed by atoms with Crippen LogP contribution >= 0.6 is 11.8 Å². The number of carbonyl (C=O) groups excluding carboxylic acids is 2. The molecule has 4 rings (SSSR count). The third-order valence-electron chi connectivity index (χ3n) is 7.78. The van der Waals surface area contributed by atoms with Crippen molar-refractivity contribution >= 4 is 34.5 Å². The van der Waals surface area contributed by atoms with Gasteiger partial charge in [0.1, 0.15) is 17.4 Å². The van der Waals surface area contributed by atoms with Gasteiger partial charge in [0.05, 0.1) is 5.60 Å². The van der Waals surface area contributed by atoms with Crippen LogP contribution in [0.5, 0.6) is 5.75 Å². The van der Waals surface area contributed by atoms with Crippen molar-refractivity contribution in [3.8, 4) is 5.75 Å². The Morgan fingerprint density at radius 2 is 2.08 bits per heavy atom. The molecular weight excluding hydrogens is 480 g/mol. The molecule has 2 aromatic rings. The van der Waals surface area contributed by atoms with Crippen LogP contribution in [0.3, 0.4) is 0 Å². The molecule has 0 spiro atoms. The molecule has 36 heavy (non-hydrogen) atoms. The molecule has 9 heteroatoms. The van der Waals surface area contributed by atoms with E-state index in [-0.39, 0.29) is 24.3 Å². The van der Waals surface area contributed by atoms with Gasteiger partial charge in [-0.3, -0.25) is 9.59 Å². The first-order chi connectivity index (χ1) is 17.2. The quantitative estimate of drug-likeness (QED) is 0.519. The van der Waals surface area contributed by atoms with Gasteiger partial charge >= 0.3 is 5.63 Å². The lowest BCUT2D eigenvalue weighted by molar-refractivity contribution is -0.147. The Kier molecular flexibility index (Phi) is 8.30. The molecule has 1 saturated heterocycles. The van der Waals surface area contributed by atoms with Crippen molar-refractivity contribution in [1.29, 1.82) is 0 Å². The zero-order chi connectivity index (χ0) is 25.9. The van der Waals surface area contributed by atoms with E-state index in [4.69, 9.17) is 9.15 Å². The van der Waals surface area contributed by atoms with Crippen LogP contribution in [0, 0.1) is 19.8 Å². The zero-order valence-electron chi connectivity index (χ0n) is 21.3. The molecule has 1 aliphatic heterocycles. The predicted octanol–water partition coefficient (Wildman–Crippen LogP) is 3.18. The van der Waals surface area contributed by atoms with Crippen molar-refractivity contribution in [2.45, 2.75) is 64.0 Å². The number of thioether (sulfide) groups is 1. The fourth-order valence-electron chi connectivity index (χ4n) is 5.39. The fourth-order valence-corrected chi connectivity index (χ4v) is 5.86. The normalized spacial score (nSPS) is 22.7. The number of hydrogen-bond donors (Lipinski definition) is 2. The van der Waals surface area contributed by atoms with Gasteiger partial charge in [-0.1, -0.05) is 12.8 Å². The summed E-state index contributed by atoms with van der Waals surface area (Å²) in [7, 11) is 0. The number of amides is 2. The number of piperidine rings is 1. The van der Waals surface area contributed by atoms with Crippen molar-refractivity contribution in [3.63, 3.8) is 0 Å². The molecule has 1 aliphatic carbocycles. The SMILES string of the molecule is CSCC[C@H](NC(=O)COc1ccc2c(C)c(C)c(=O)oc2c1)C(=O)N1CC[C@@]2(O)CCCC[C@@H]2C1. The van der Waals surface area contributed by atoms with Gasteiger partial charge in [-0.05, 0) is 69.2 Å². The first-order valence-corrected chi connectivity index (χ1v) is 14.1. The summed E-state index contributed by atoms with van der Waals surface area (Å²) < 4.78 is 11.0. The lowest BCUT2D eigenvalue weighted by atomic mass is 9.71. The summed E-state index contributed by atoms with van der Waals surface area (Å²) in [6, 6.07) is 4.51. The van der Waals surface area contributed by atoms with Gasteiger partial charge in [0, 0.05) is 36.0 Å². The number of rotatable bonds is 8. The maximum absolute atomic E-state index is 13.4. The lowest BCUT2D eigenvalue weighted by Gasteiger charge is -2.48. The fraction of sp³-hybridized carbons (Fsp3) is 0.593. The van der Waals surface area contributed by atoms with Crippen molar-refractivity contribution < 1.29 is 23.8 Å². The number of nitrogens with zero attached hydrogens (tertiary/aromatic N) is 1. The van der Waals surface area contributed by atoms with Crippen LogP contribution in [0.4, 0.5) is 0 Å². The Bertz CT molecular complexity index is 1180. The molecular formula is C27H36N2O6S. The number of benzene rings is 1. The highest BCUT2D eigenvalue weighted by Gasteiger charge is 2.44. The summed E-state index contributed by atoms with van der Waals surface area (Å²) in [5.74, 6) is 0.764. The summed E-state index contributed by atoms with van der Waals surface area (Å²) in [4.78, 5) is 39.9. The highest BCUT2D eigenvalue weighted by molar-refractivity contribution is 7.98. The Balaban J connectivity index is 1.38. The average molecular weight is 517 g/mol. The molecule has 196 valence electrons. The summed E-state index contributed by atoms with van der Waals surface area (Å²) in [6.45, 7) is 4.38. The van der Waals surface area contributed by atoms with Crippen LogP contribution in [0.2, 0.25) is 0 Å². The summed E-state index contributed by atoms with van der Waals surface area (Å²) in [5.41, 5.74) is 0.775. The van der Waals surface area contributed by atoms with E-state index >= 15 is 0 Å². The Hall–Kier alpha value is -2.52. The van der Waals surface area contributed by atoms with Gasteiger partial charge < -0.3 is 24.5 Å². The highest BCUT2D eigenvalue weighted by atomic mass is 32.2. The van der Waals surface area contributed by atoms with Crippen molar-refractivity contribution in [2.24, 2.45) is 5.92 Å². The van der Waals surface area contributed by atoms with Gasteiger partial charge in [0.15, 0.2) is 6.61 Å². The molecule has 1 aromatic carbocycles. The van der Waals surface area contributed by atoms with E-state index < -0.39 is 17.3 Å². The summed E-state index contributed by atoms with van der Waals surface area (Å²) >= 11 is 1.62. The van der Waals surface area contributed by atoms with Gasteiger partial charge in [-0.25, -0.2) is 4.79 Å². The van der Waals surface area contributed by atoms with Crippen molar-refractivity contribution in [1.82, 2.24) is 10.2 Å². The first kappa shape index (κ1) is 26.5. The number of carbonyl (C=O) groups is 2. The maximum atomic E-state index is 13.4. The van der Waals surface area contributed by atoms with Crippen molar-refractivity contribution in [2.75, 3.05) is 31.7 Å². The molecule has 0 bridgehead atoms. The molecule has 2 aliphatic rings. The molecule has 1 aromatic heterocycles. The van der Waals surface area contributed by atoms with Gasteiger partial charge in [0.25, 0.3) is 5.91 Å². The van der Waals surface area contributed by atoms with E-state index in [1.807, 2.05) is 18.1 Å². The topological polar surface area (TPSA) is 109 Å². The number of aliphatic hydroxyl groups is 1. The maximum Gasteiger partial charge on any atom is 0.339 e. The molecule has 0 radical (unpaired) electrons. The third kappa shape index (κ3) is 5.72. The Labute approximate surface area is 215 Å². The predicted molar refractivity (Wildman–Crippen MR) is 140 cm³/mol. The lowest BCUT2D eigenvalue weighted by Crippen LogP contribution is -2.58. The van der Waals surface area contributed by atoms with Crippen LogP contribution in [0.15, 0.2) is 27.4 Å². The van der Waals surface area contributed by atoms with Crippen LogP contribution in [-0.2, 0) is 9.59 Å². The first-order valence-electron chi connectivity index (χ1n) is 12.7. The Morgan fingerprint density at radius 3 is 2.86 bits per heavy atom. The third-order valence-corrected chi connectivity index (χ3v) is 8.43. The zero-order valence-corrected chi connectivity index (χ0v) is 22.1. The number of fused-ring (bicyclic) bond motifs is 2. The van der Waals surface area contributed by atoms with E-state index in [1.165, 1.54) is 0 Å². The molecule has 2 amide bonds. The second-order valence-electron chi connectivity index (χ2n) is 10.1. The average Bonchev–Trinajstić information content (AvgIpc) is 2.87. The monoisotopic (exact) mass is 516 g/mol. The van der Waals surface area contributed by atoms with Crippen LogP contribution in [0.1, 0.15) is 49.7 Å². The van der Waals surface area contributed by atoms with Gasteiger partial charge in [-0.2, -0.15) is 11.8 Å². The minimum atomic E-state index is -0.656. The molecule has 2 heterocycles. The minimum Gasteiger partial charge on any atom is -0.484 e. The standard InChI is InChI=1S/C27H36N2O6S/c1-17-18(2)26(32)35-23-14-20(7-8-21(17)23)34-16-24(30)28-22(9-13-36-3)25(31)29-12-11-27(33)10-5-4-6-19(27)15-29/h7-8,14,19,22,33H,4-6,9-13,15-16H2,1-3H3,(H,28,30)/t19-,22+,27+/m1/s1. The number of likely N-dealkylation sites (tertiary alicyclic amines) is 1. The number of ether oxygens (including phenoxy) is 1. The smallest absolute Gasteiger partial charge is 0.339 e.